The lowest BCUT2D eigenvalue weighted by atomic mass is 9.82. The molecule has 0 bridgehead atoms. The number of benzene rings is 1. The van der Waals surface area contributed by atoms with Gasteiger partial charge < -0.3 is 14.8 Å². The fourth-order valence-electron chi connectivity index (χ4n) is 3.72. The van der Waals surface area contributed by atoms with Gasteiger partial charge in [-0.25, -0.2) is 0 Å². The molecule has 1 N–H and O–H groups in total. The molecule has 4 heteroatoms. The maximum absolute atomic E-state index is 12.1. The summed E-state index contributed by atoms with van der Waals surface area (Å²) in [6.07, 6.45) is 8.39. The minimum Gasteiger partial charge on any atom is -0.494 e. The van der Waals surface area contributed by atoms with Crippen LogP contribution in [0.4, 0.5) is 0 Å². The number of ether oxygens (including phenoxy) is 2. The van der Waals surface area contributed by atoms with E-state index in [2.05, 4.69) is 5.32 Å². The molecule has 1 aliphatic carbocycles. The Kier molecular flexibility index (Phi) is 5.55. The molecular formula is C19H27NO3. The molecule has 1 saturated heterocycles. The van der Waals surface area contributed by atoms with Crippen molar-refractivity contribution < 1.29 is 14.3 Å². The van der Waals surface area contributed by atoms with Crippen LogP contribution in [0.1, 0.15) is 51.4 Å². The van der Waals surface area contributed by atoms with Gasteiger partial charge in [-0.2, -0.15) is 0 Å². The Balaban J connectivity index is 1.32. The van der Waals surface area contributed by atoms with Gasteiger partial charge in [0, 0.05) is 6.42 Å². The van der Waals surface area contributed by atoms with Gasteiger partial charge in [-0.1, -0.05) is 37.5 Å². The molecule has 2 aliphatic rings. The smallest absolute Gasteiger partial charge is 0.220 e. The van der Waals surface area contributed by atoms with Gasteiger partial charge in [0.25, 0.3) is 0 Å². The Hall–Kier alpha value is -1.55. The molecule has 126 valence electrons. The maximum Gasteiger partial charge on any atom is 0.220 e. The van der Waals surface area contributed by atoms with Crippen LogP contribution in [0, 0.1) is 0 Å². The third kappa shape index (κ3) is 4.71. The molecule has 1 atom stereocenters. The quantitative estimate of drug-likeness (QED) is 0.818. The minimum atomic E-state index is 0.0621. The third-order valence-electron chi connectivity index (χ3n) is 4.90. The van der Waals surface area contributed by atoms with Crippen molar-refractivity contribution in [2.75, 3.05) is 13.2 Å². The Morgan fingerprint density at radius 1 is 1.22 bits per heavy atom. The van der Waals surface area contributed by atoms with Crippen LogP contribution in [0.5, 0.6) is 5.75 Å². The highest BCUT2D eigenvalue weighted by Crippen LogP contribution is 2.39. The zero-order chi connectivity index (χ0) is 16.0. The van der Waals surface area contributed by atoms with Crippen molar-refractivity contribution in [2.45, 2.75) is 63.0 Å². The molecule has 1 saturated carbocycles. The van der Waals surface area contributed by atoms with Crippen molar-refractivity contribution in [1.29, 1.82) is 0 Å². The summed E-state index contributed by atoms with van der Waals surface area (Å²) in [5.41, 5.74) is 0.0621. The molecule has 1 aromatic rings. The molecule has 1 aliphatic heterocycles. The molecule has 1 aromatic carbocycles. The van der Waals surface area contributed by atoms with Crippen LogP contribution in [0.3, 0.4) is 0 Å². The second-order valence-electron chi connectivity index (χ2n) is 6.79. The predicted molar refractivity (Wildman–Crippen MR) is 89.5 cm³/mol. The zero-order valence-corrected chi connectivity index (χ0v) is 13.8. The van der Waals surface area contributed by atoms with Crippen LogP contribution in [0.15, 0.2) is 30.3 Å². The lowest BCUT2D eigenvalue weighted by Crippen LogP contribution is -2.37. The second-order valence-corrected chi connectivity index (χ2v) is 6.79. The average Bonchev–Trinajstić information content (AvgIpc) is 2.95. The van der Waals surface area contributed by atoms with Gasteiger partial charge in [0.05, 0.1) is 24.9 Å². The number of carbonyl (C=O) groups is 1. The summed E-state index contributed by atoms with van der Waals surface area (Å²) in [6.45, 7) is 1.24. The Morgan fingerprint density at radius 2 is 2.00 bits per heavy atom. The maximum atomic E-state index is 12.1. The van der Waals surface area contributed by atoms with Crippen molar-refractivity contribution in [1.82, 2.24) is 5.32 Å². The lowest BCUT2D eigenvalue weighted by Gasteiger charge is -2.32. The van der Waals surface area contributed by atoms with Crippen LogP contribution in [0.2, 0.25) is 0 Å². The number of amides is 1. The normalized spacial score (nSPS) is 22.9. The van der Waals surface area contributed by atoms with Gasteiger partial charge in [-0.3, -0.25) is 4.79 Å². The van der Waals surface area contributed by atoms with Gasteiger partial charge >= 0.3 is 0 Å². The standard InChI is InChI=1S/C19H27NO3/c21-18(10-7-13-22-17-8-3-1-4-9-17)20-16-14-19(23-15-16)11-5-2-6-12-19/h1,3-4,8-9,16H,2,5-7,10-15H2,(H,20,21). The van der Waals surface area contributed by atoms with Crippen molar-refractivity contribution in [3.05, 3.63) is 30.3 Å². The summed E-state index contributed by atoms with van der Waals surface area (Å²) in [7, 11) is 0. The zero-order valence-electron chi connectivity index (χ0n) is 13.8. The second kappa shape index (κ2) is 7.82. The molecule has 2 fully saturated rings. The number of para-hydroxylation sites is 1. The SMILES string of the molecule is O=C(CCCOc1ccccc1)NC1COC2(CCCCC2)C1. The van der Waals surface area contributed by atoms with E-state index < -0.39 is 0 Å². The molecule has 0 aromatic heterocycles. The van der Waals surface area contributed by atoms with Gasteiger partial charge in [0.15, 0.2) is 0 Å². The number of hydrogen-bond donors (Lipinski definition) is 1. The number of hydrogen-bond acceptors (Lipinski definition) is 3. The molecule has 1 spiro atoms. The van der Waals surface area contributed by atoms with Crippen LogP contribution < -0.4 is 10.1 Å². The molecule has 4 nitrogen and oxygen atoms in total. The van der Waals surface area contributed by atoms with E-state index in [9.17, 15) is 4.79 Å². The Bertz CT molecular complexity index is 497. The first-order valence-corrected chi connectivity index (χ1v) is 8.87. The molecule has 23 heavy (non-hydrogen) atoms. The molecule has 0 radical (unpaired) electrons. The monoisotopic (exact) mass is 317 g/mol. The number of carbonyl (C=O) groups excluding carboxylic acids is 1. The van der Waals surface area contributed by atoms with Crippen molar-refractivity contribution in [3.63, 3.8) is 0 Å². The Labute approximate surface area is 138 Å². The van der Waals surface area contributed by atoms with Gasteiger partial charge in [0.2, 0.25) is 5.91 Å². The first-order valence-electron chi connectivity index (χ1n) is 8.87. The predicted octanol–water partition coefficient (Wildman–Crippen LogP) is 3.45. The van der Waals surface area contributed by atoms with E-state index >= 15 is 0 Å². The highest BCUT2D eigenvalue weighted by molar-refractivity contribution is 5.76. The Morgan fingerprint density at radius 3 is 2.78 bits per heavy atom. The summed E-state index contributed by atoms with van der Waals surface area (Å²) in [6, 6.07) is 9.91. The van der Waals surface area contributed by atoms with Crippen LogP contribution in [0.25, 0.3) is 0 Å². The largest absolute Gasteiger partial charge is 0.494 e. The van der Waals surface area contributed by atoms with E-state index in [0.29, 0.717) is 19.6 Å². The lowest BCUT2D eigenvalue weighted by molar-refractivity contribution is -0.122. The third-order valence-corrected chi connectivity index (χ3v) is 4.90. The molecule has 1 amide bonds. The fourth-order valence-corrected chi connectivity index (χ4v) is 3.72. The number of rotatable bonds is 6. The molecular weight excluding hydrogens is 290 g/mol. The average molecular weight is 317 g/mol. The van der Waals surface area contributed by atoms with Crippen molar-refractivity contribution >= 4 is 5.91 Å². The van der Waals surface area contributed by atoms with Crippen LogP contribution in [-0.2, 0) is 9.53 Å². The first kappa shape index (κ1) is 16.3. The topological polar surface area (TPSA) is 47.6 Å². The minimum absolute atomic E-state index is 0.0621. The highest BCUT2D eigenvalue weighted by Gasteiger charge is 2.41. The van der Waals surface area contributed by atoms with E-state index in [-0.39, 0.29) is 17.6 Å². The van der Waals surface area contributed by atoms with E-state index in [1.807, 2.05) is 30.3 Å². The summed E-state index contributed by atoms with van der Waals surface area (Å²) < 4.78 is 11.7. The van der Waals surface area contributed by atoms with Crippen LogP contribution >= 0.6 is 0 Å². The molecule has 1 heterocycles. The molecule has 1 unspecified atom stereocenters. The van der Waals surface area contributed by atoms with Gasteiger partial charge in [-0.05, 0) is 37.8 Å². The van der Waals surface area contributed by atoms with Crippen molar-refractivity contribution in [3.8, 4) is 5.75 Å². The van der Waals surface area contributed by atoms with Gasteiger partial charge in [-0.15, -0.1) is 0 Å². The highest BCUT2D eigenvalue weighted by atomic mass is 16.5. The first-order chi connectivity index (χ1) is 11.3. The van der Waals surface area contributed by atoms with Gasteiger partial charge in [0.1, 0.15) is 5.75 Å². The van der Waals surface area contributed by atoms with Crippen molar-refractivity contribution in [2.24, 2.45) is 0 Å². The summed E-state index contributed by atoms with van der Waals surface area (Å²) in [4.78, 5) is 12.1. The summed E-state index contributed by atoms with van der Waals surface area (Å²) in [5.74, 6) is 0.972. The fraction of sp³-hybridized carbons (Fsp3) is 0.632. The van der Waals surface area contributed by atoms with E-state index in [0.717, 1.165) is 31.4 Å². The van der Waals surface area contributed by atoms with Crippen LogP contribution in [-0.4, -0.2) is 30.8 Å². The summed E-state index contributed by atoms with van der Waals surface area (Å²) >= 11 is 0. The van der Waals surface area contributed by atoms with E-state index in [1.54, 1.807) is 0 Å². The van der Waals surface area contributed by atoms with E-state index in [4.69, 9.17) is 9.47 Å². The summed E-state index contributed by atoms with van der Waals surface area (Å²) in [5, 5.41) is 3.13. The molecule has 3 rings (SSSR count). The number of nitrogens with one attached hydrogen (secondary N) is 1. The van der Waals surface area contributed by atoms with E-state index in [1.165, 1.54) is 19.3 Å².